The van der Waals surface area contributed by atoms with E-state index in [2.05, 4.69) is 11.2 Å². The first kappa shape index (κ1) is 8.95. The number of Topliss-reactive ketones (excluding diaryl/α,β-unsaturated/α-hetero) is 1. The highest BCUT2D eigenvalue weighted by molar-refractivity contribution is 5.87. The van der Waals surface area contributed by atoms with Crippen LogP contribution < -0.4 is 0 Å². The van der Waals surface area contributed by atoms with Gasteiger partial charge in [0.25, 0.3) is 0 Å². The molecule has 14 heavy (non-hydrogen) atoms. The van der Waals surface area contributed by atoms with Gasteiger partial charge in [0, 0.05) is 31.8 Å². The molecule has 0 aliphatic heterocycles. The van der Waals surface area contributed by atoms with Crippen molar-refractivity contribution in [1.29, 1.82) is 5.26 Å². The highest BCUT2D eigenvalue weighted by Gasteiger charge is 2.43. The van der Waals surface area contributed by atoms with Crippen LogP contribution in [0.4, 0.5) is 0 Å². The van der Waals surface area contributed by atoms with Gasteiger partial charge in [-0.2, -0.15) is 10.4 Å². The SMILES string of the molecule is N#CC1(CCn2cccn2)CC(=O)C1. The third kappa shape index (κ3) is 1.53. The number of nitriles is 1. The summed E-state index contributed by atoms with van der Waals surface area (Å²) in [6.45, 7) is 0.716. The van der Waals surface area contributed by atoms with Gasteiger partial charge in [-0.15, -0.1) is 0 Å². The van der Waals surface area contributed by atoms with Crippen molar-refractivity contribution < 1.29 is 4.79 Å². The first-order valence-electron chi connectivity index (χ1n) is 4.64. The molecule has 0 saturated heterocycles. The van der Waals surface area contributed by atoms with E-state index in [4.69, 9.17) is 5.26 Å². The molecule has 72 valence electrons. The molecule has 0 amide bonds. The fourth-order valence-electron chi connectivity index (χ4n) is 1.78. The standard InChI is InChI=1S/C10H11N3O/c11-8-10(6-9(14)7-10)2-5-13-4-1-3-12-13/h1,3-4H,2,5-7H2. The zero-order valence-electron chi connectivity index (χ0n) is 7.81. The van der Waals surface area contributed by atoms with Gasteiger partial charge in [0.05, 0.1) is 11.5 Å². The van der Waals surface area contributed by atoms with Crippen LogP contribution in [0.25, 0.3) is 0 Å². The molecule has 1 saturated carbocycles. The van der Waals surface area contributed by atoms with E-state index in [0.717, 1.165) is 6.42 Å². The molecule has 1 fully saturated rings. The van der Waals surface area contributed by atoms with Gasteiger partial charge in [-0.25, -0.2) is 0 Å². The molecule has 1 heterocycles. The third-order valence-corrected chi connectivity index (χ3v) is 2.69. The van der Waals surface area contributed by atoms with E-state index in [0.29, 0.717) is 19.4 Å². The van der Waals surface area contributed by atoms with Crippen LogP contribution in [0.5, 0.6) is 0 Å². The molecule has 1 aliphatic carbocycles. The van der Waals surface area contributed by atoms with Crippen LogP contribution in [0.3, 0.4) is 0 Å². The van der Waals surface area contributed by atoms with E-state index < -0.39 is 5.41 Å². The monoisotopic (exact) mass is 189 g/mol. The number of hydrogen-bond donors (Lipinski definition) is 0. The second-order valence-electron chi connectivity index (χ2n) is 3.80. The Bertz CT molecular complexity index is 367. The van der Waals surface area contributed by atoms with Crippen LogP contribution in [0, 0.1) is 16.7 Å². The number of carbonyl (C=O) groups excluding carboxylic acids is 1. The molecule has 0 unspecified atom stereocenters. The summed E-state index contributed by atoms with van der Waals surface area (Å²) in [5, 5.41) is 13.0. The van der Waals surface area contributed by atoms with E-state index in [1.54, 1.807) is 10.9 Å². The van der Waals surface area contributed by atoms with Crippen molar-refractivity contribution in [1.82, 2.24) is 9.78 Å². The number of ketones is 1. The minimum Gasteiger partial charge on any atom is -0.300 e. The Balaban J connectivity index is 1.92. The molecule has 0 N–H and O–H groups in total. The van der Waals surface area contributed by atoms with Gasteiger partial charge in [0.1, 0.15) is 5.78 Å². The number of aromatic nitrogens is 2. The highest BCUT2D eigenvalue weighted by atomic mass is 16.1. The molecule has 2 rings (SSSR count). The lowest BCUT2D eigenvalue weighted by Gasteiger charge is -2.33. The summed E-state index contributed by atoms with van der Waals surface area (Å²) in [5.41, 5.74) is -0.400. The molecule has 1 aliphatic rings. The highest BCUT2D eigenvalue weighted by Crippen LogP contribution is 2.40. The van der Waals surface area contributed by atoms with Gasteiger partial charge < -0.3 is 0 Å². The van der Waals surface area contributed by atoms with Crippen molar-refractivity contribution in [3.63, 3.8) is 0 Å². The fourth-order valence-corrected chi connectivity index (χ4v) is 1.78. The summed E-state index contributed by atoms with van der Waals surface area (Å²) in [4.78, 5) is 10.9. The maximum absolute atomic E-state index is 10.9. The van der Waals surface area contributed by atoms with Crippen molar-refractivity contribution in [2.24, 2.45) is 5.41 Å². The van der Waals surface area contributed by atoms with Crippen LogP contribution >= 0.6 is 0 Å². The molecular weight excluding hydrogens is 178 g/mol. The third-order valence-electron chi connectivity index (χ3n) is 2.69. The smallest absolute Gasteiger partial charge is 0.136 e. The Morgan fingerprint density at radius 3 is 2.93 bits per heavy atom. The molecule has 4 heteroatoms. The summed E-state index contributed by atoms with van der Waals surface area (Å²) in [6, 6.07) is 4.10. The molecule has 0 atom stereocenters. The maximum atomic E-state index is 10.9. The summed E-state index contributed by atoms with van der Waals surface area (Å²) in [7, 11) is 0. The van der Waals surface area contributed by atoms with Crippen LogP contribution in [-0.4, -0.2) is 15.6 Å². The normalized spacial score (nSPS) is 18.6. The lowest BCUT2D eigenvalue weighted by atomic mass is 9.67. The quantitative estimate of drug-likeness (QED) is 0.716. The lowest BCUT2D eigenvalue weighted by molar-refractivity contribution is -0.130. The minimum atomic E-state index is -0.400. The Morgan fingerprint density at radius 1 is 1.64 bits per heavy atom. The number of carbonyl (C=O) groups is 1. The Hall–Kier alpha value is -1.63. The fraction of sp³-hybridized carbons (Fsp3) is 0.500. The van der Waals surface area contributed by atoms with Crippen molar-refractivity contribution in [2.75, 3.05) is 0 Å². The van der Waals surface area contributed by atoms with Gasteiger partial charge in [0.2, 0.25) is 0 Å². The molecule has 0 radical (unpaired) electrons. The van der Waals surface area contributed by atoms with Crippen molar-refractivity contribution in [3.8, 4) is 6.07 Å². The average molecular weight is 189 g/mol. The minimum absolute atomic E-state index is 0.201. The zero-order valence-corrected chi connectivity index (χ0v) is 7.81. The predicted molar refractivity (Wildman–Crippen MR) is 49.1 cm³/mol. The summed E-state index contributed by atoms with van der Waals surface area (Å²) >= 11 is 0. The molecule has 1 aromatic heterocycles. The van der Waals surface area contributed by atoms with Crippen molar-refractivity contribution in [3.05, 3.63) is 18.5 Å². The molecule has 1 aromatic rings. The van der Waals surface area contributed by atoms with Crippen molar-refractivity contribution in [2.45, 2.75) is 25.8 Å². The topological polar surface area (TPSA) is 58.7 Å². The Labute approximate surface area is 82.1 Å². The van der Waals surface area contributed by atoms with Gasteiger partial charge in [-0.05, 0) is 12.5 Å². The van der Waals surface area contributed by atoms with Crippen molar-refractivity contribution >= 4 is 5.78 Å². The summed E-state index contributed by atoms with van der Waals surface area (Å²) in [6.07, 6.45) is 5.14. The van der Waals surface area contributed by atoms with E-state index in [-0.39, 0.29) is 5.78 Å². The average Bonchev–Trinajstić information content (AvgIpc) is 2.63. The van der Waals surface area contributed by atoms with E-state index >= 15 is 0 Å². The van der Waals surface area contributed by atoms with Crippen LogP contribution in [0.15, 0.2) is 18.5 Å². The Morgan fingerprint density at radius 2 is 2.43 bits per heavy atom. The number of aryl methyl sites for hydroxylation is 1. The van der Waals surface area contributed by atoms with Crippen LogP contribution in [-0.2, 0) is 11.3 Å². The number of hydrogen-bond acceptors (Lipinski definition) is 3. The zero-order chi connectivity index (χ0) is 10.0. The first-order valence-corrected chi connectivity index (χ1v) is 4.64. The van der Waals surface area contributed by atoms with Gasteiger partial charge in [-0.1, -0.05) is 0 Å². The Kier molecular flexibility index (Phi) is 2.08. The van der Waals surface area contributed by atoms with E-state index in [9.17, 15) is 4.79 Å². The summed E-state index contributed by atoms with van der Waals surface area (Å²) in [5.74, 6) is 0.201. The number of rotatable bonds is 3. The maximum Gasteiger partial charge on any atom is 0.136 e. The predicted octanol–water partition coefficient (Wildman–Crippen LogP) is 1.15. The summed E-state index contributed by atoms with van der Waals surface area (Å²) < 4.78 is 1.79. The second kappa shape index (κ2) is 3.26. The van der Waals surface area contributed by atoms with Crippen LogP contribution in [0.1, 0.15) is 19.3 Å². The van der Waals surface area contributed by atoms with Gasteiger partial charge in [0.15, 0.2) is 0 Å². The molecule has 4 nitrogen and oxygen atoms in total. The first-order chi connectivity index (χ1) is 6.74. The molecule has 0 spiro atoms. The van der Waals surface area contributed by atoms with Gasteiger partial charge in [-0.3, -0.25) is 9.48 Å². The molecule has 0 aromatic carbocycles. The molecular formula is C10H11N3O. The second-order valence-corrected chi connectivity index (χ2v) is 3.80. The van der Waals surface area contributed by atoms with E-state index in [1.165, 1.54) is 0 Å². The number of nitrogens with zero attached hydrogens (tertiary/aromatic N) is 3. The van der Waals surface area contributed by atoms with E-state index in [1.807, 2.05) is 12.3 Å². The van der Waals surface area contributed by atoms with Gasteiger partial charge >= 0.3 is 0 Å². The largest absolute Gasteiger partial charge is 0.300 e. The lowest BCUT2D eigenvalue weighted by Crippen LogP contribution is -2.37. The molecule has 0 bridgehead atoms. The van der Waals surface area contributed by atoms with Crippen LogP contribution in [0.2, 0.25) is 0 Å².